The molecule has 1 aromatic heterocycles. The third kappa shape index (κ3) is 5.08. The van der Waals surface area contributed by atoms with Gasteiger partial charge in [0.25, 0.3) is 15.9 Å². The van der Waals surface area contributed by atoms with Crippen LogP contribution >= 0.6 is 0 Å². The maximum atomic E-state index is 12.5. The van der Waals surface area contributed by atoms with E-state index in [-0.39, 0.29) is 16.8 Å². The molecule has 1 aliphatic rings. The molecule has 0 unspecified atom stereocenters. The Morgan fingerprint density at radius 2 is 1.68 bits per heavy atom. The van der Waals surface area contributed by atoms with Crippen molar-refractivity contribution in [3.8, 4) is 0 Å². The maximum Gasteiger partial charge on any atom is 0.261 e. The van der Waals surface area contributed by atoms with Gasteiger partial charge in [-0.1, -0.05) is 0 Å². The summed E-state index contributed by atoms with van der Waals surface area (Å²) in [5.41, 5.74) is 0.888. The number of amides is 1. The van der Waals surface area contributed by atoms with Crippen LogP contribution in [0.25, 0.3) is 0 Å². The molecule has 8 heteroatoms. The van der Waals surface area contributed by atoms with Crippen LogP contribution in [0.1, 0.15) is 37.0 Å². The highest BCUT2D eigenvalue weighted by atomic mass is 32.2. The lowest BCUT2D eigenvalue weighted by Crippen LogP contribution is -2.46. The lowest BCUT2D eigenvalue weighted by molar-refractivity contribution is 0.0900. The molecule has 1 aliphatic heterocycles. The number of carbonyl (C=O) groups excluding carboxylic acids is 1. The highest BCUT2D eigenvalue weighted by Gasteiger charge is 2.22. The molecule has 0 atom stereocenters. The zero-order chi connectivity index (χ0) is 20.1. The van der Waals surface area contributed by atoms with Crippen LogP contribution in [0.3, 0.4) is 0 Å². The predicted octanol–water partition coefficient (Wildman–Crippen LogP) is 2.49. The molecule has 0 spiro atoms. The fourth-order valence-electron chi connectivity index (χ4n) is 3.25. The first-order valence-corrected chi connectivity index (χ1v) is 10.9. The molecule has 1 saturated heterocycles. The SMILES string of the molecule is CC(C)N1CCC(NC(=O)c2ccc(S(=O)(=O)Nc3ccncc3)cc2)CC1. The van der Waals surface area contributed by atoms with Crippen molar-refractivity contribution >= 4 is 21.6 Å². The van der Waals surface area contributed by atoms with Crippen molar-refractivity contribution in [2.45, 2.75) is 43.7 Å². The molecule has 0 saturated carbocycles. The number of anilines is 1. The first-order chi connectivity index (χ1) is 13.3. The standard InChI is InChI=1S/C20H26N4O3S/c1-15(2)24-13-9-17(10-14-24)22-20(25)16-3-5-19(6-4-16)28(26,27)23-18-7-11-21-12-8-18/h3-8,11-12,15,17H,9-10,13-14H2,1-2H3,(H,21,23)(H,22,25). The summed E-state index contributed by atoms with van der Waals surface area (Å²) in [4.78, 5) is 18.8. The first kappa shape index (κ1) is 20.3. The van der Waals surface area contributed by atoms with Gasteiger partial charge in [-0.25, -0.2) is 8.42 Å². The largest absolute Gasteiger partial charge is 0.349 e. The summed E-state index contributed by atoms with van der Waals surface area (Å²) < 4.78 is 27.4. The molecule has 1 amide bonds. The summed E-state index contributed by atoms with van der Waals surface area (Å²) in [6.07, 6.45) is 4.87. The Morgan fingerprint density at radius 1 is 1.07 bits per heavy atom. The van der Waals surface area contributed by atoms with E-state index >= 15 is 0 Å². The predicted molar refractivity (Wildman–Crippen MR) is 109 cm³/mol. The molecule has 0 bridgehead atoms. The summed E-state index contributed by atoms with van der Waals surface area (Å²) in [5.74, 6) is -0.172. The number of nitrogens with zero attached hydrogens (tertiary/aromatic N) is 2. The number of nitrogens with one attached hydrogen (secondary N) is 2. The number of likely N-dealkylation sites (tertiary alicyclic amines) is 1. The van der Waals surface area contributed by atoms with Gasteiger partial charge in [-0.05, 0) is 63.1 Å². The van der Waals surface area contributed by atoms with Crippen molar-refractivity contribution < 1.29 is 13.2 Å². The number of aromatic nitrogens is 1. The topological polar surface area (TPSA) is 91.4 Å². The van der Waals surface area contributed by atoms with Crippen molar-refractivity contribution in [1.82, 2.24) is 15.2 Å². The molecule has 2 aromatic rings. The zero-order valence-corrected chi connectivity index (χ0v) is 16.9. The molecule has 2 heterocycles. The van der Waals surface area contributed by atoms with Gasteiger partial charge in [-0.3, -0.25) is 14.5 Å². The smallest absolute Gasteiger partial charge is 0.261 e. The molecular weight excluding hydrogens is 376 g/mol. The second kappa shape index (κ2) is 8.70. The summed E-state index contributed by atoms with van der Waals surface area (Å²) in [5, 5.41) is 3.06. The highest BCUT2D eigenvalue weighted by molar-refractivity contribution is 7.92. The molecule has 2 N–H and O–H groups in total. The van der Waals surface area contributed by atoms with Gasteiger partial charge in [-0.15, -0.1) is 0 Å². The van der Waals surface area contributed by atoms with E-state index in [4.69, 9.17) is 0 Å². The van der Waals surface area contributed by atoms with E-state index in [0.29, 0.717) is 17.3 Å². The number of carbonyl (C=O) groups is 1. The molecule has 1 aromatic carbocycles. The van der Waals surface area contributed by atoms with Crippen molar-refractivity contribution in [2.75, 3.05) is 17.8 Å². The van der Waals surface area contributed by atoms with E-state index in [9.17, 15) is 13.2 Å². The third-order valence-electron chi connectivity index (χ3n) is 4.95. The molecule has 7 nitrogen and oxygen atoms in total. The summed E-state index contributed by atoms with van der Waals surface area (Å²) >= 11 is 0. The Hall–Kier alpha value is -2.45. The number of piperidine rings is 1. The number of sulfonamides is 1. The van der Waals surface area contributed by atoms with E-state index in [1.165, 1.54) is 24.5 Å². The van der Waals surface area contributed by atoms with Crippen LogP contribution in [0.4, 0.5) is 5.69 Å². The summed E-state index contributed by atoms with van der Waals surface area (Å²) in [7, 11) is -3.71. The monoisotopic (exact) mass is 402 g/mol. The van der Waals surface area contributed by atoms with E-state index < -0.39 is 10.0 Å². The Morgan fingerprint density at radius 3 is 2.25 bits per heavy atom. The Kier molecular flexibility index (Phi) is 6.31. The molecular formula is C20H26N4O3S. The van der Waals surface area contributed by atoms with E-state index in [2.05, 4.69) is 33.8 Å². The quantitative estimate of drug-likeness (QED) is 0.775. The fraction of sp³-hybridized carbons (Fsp3) is 0.400. The molecule has 28 heavy (non-hydrogen) atoms. The van der Waals surface area contributed by atoms with Gasteiger partial charge in [-0.2, -0.15) is 0 Å². The van der Waals surface area contributed by atoms with Crippen molar-refractivity contribution in [3.63, 3.8) is 0 Å². The molecule has 1 fully saturated rings. The molecule has 0 aliphatic carbocycles. The average Bonchev–Trinajstić information content (AvgIpc) is 2.69. The Labute approximate surface area is 166 Å². The number of hydrogen-bond donors (Lipinski definition) is 2. The minimum absolute atomic E-state index is 0.103. The van der Waals surface area contributed by atoms with E-state index in [1.807, 2.05) is 0 Å². The normalized spacial score (nSPS) is 16.1. The number of rotatable bonds is 6. The van der Waals surface area contributed by atoms with Gasteiger partial charge < -0.3 is 10.2 Å². The van der Waals surface area contributed by atoms with Crippen LogP contribution in [0.2, 0.25) is 0 Å². The van der Waals surface area contributed by atoms with Crippen LogP contribution in [0, 0.1) is 0 Å². The second-order valence-corrected chi connectivity index (χ2v) is 8.93. The second-order valence-electron chi connectivity index (χ2n) is 7.24. The van der Waals surface area contributed by atoms with Crippen molar-refractivity contribution in [2.24, 2.45) is 0 Å². The van der Waals surface area contributed by atoms with Gasteiger partial charge in [0.2, 0.25) is 0 Å². The van der Waals surface area contributed by atoms with E-state index in [1.54, 1.807) is 24.3 Å². The highest BCUT2D eigenvalue weighted by Crippen LogP contribution is 2.17. The van der Waals surface area contributed by atoms with Crippen LogP contribution in [-0.4, -0.2) is 49.4 Å². The molecule has 150 valence electrons. The summed E-state index contributed by atoms with van der Waals surface area (Å²) in [6.45, 7) is 6.30. The minimum Gasteiger partial charge on any atom is -0.349 e. The molecule has 3 rings (SSSR count). The van der Waals surface area contributed by atoms with Gasteiger partial charge in [0.05, 0.1) is 10.6 Å². The van der Waals surface area contributed by atoms with Crippen LogP contribution < -0.4 is 10.0 Å². The van der Waals surface area contributed by atoms with Crippen LogP contribution in [0.5, 0.6) is 0 Å². The lowest BCUT2D eigenvalue weighted by Gasteiger charge is -2.34. The van der Waals surface area contributed by atoms with Gasteiger partial charge in [0, 0.05) is 43.1 Å². The van der Waals surface area contributed by atoms with Crippen molar-refractivity contribution in [1.29, 1.82) is 0 Å². The number of hydrogen-bond acceptors (Lipinski definition) is 5. The third-order valence-corrected chi connectivity index (χ3v) is 6.35. The lowest BCUT2D eigenvalue weighted by atomic mass is 10.0. The summed E-state index contributed by atoms with van der Waals surface area (Å²) in [6, 6.07) is 9.79. The Balaban J connectivity index is 1.60. The first-order valence-electron chi connectivity index (χ1n) is 9.43. The van der Waals surface area contributed by atoms with Crippen LogP contribution in [0.15, 0.2) is 53.7 Å². The van der Waals surface area contributed by atoms with Gasteiger partial charge >= 0.3 is 0 Å². The van der Waals surface area contributed by atoms with Gasteiger partial charge in [0.15, 0.2) is 0 Å². The Bertz CT molecular complexity index is 891. The fourth-order valence-corrected chi connectivity index (χ4v) is 4.31. The number of benzene rings is 1. The average molecular weight is 403 g/mol. The zero-order valence-electron chi connectivity index (χ0n) is 16.1. The van der Waals surface area contributed by atoms with E-state index in [0.717, 1.165) is 25.9 Å². The minimum atomic E-state index is -3.71. The molecule has 0 radical (unpaired) electrons. The van der Waals surface area contributed by atoms with Crippen LogP contribution in [-0.2, 0) is 10.0 Å². The maximum absolute atomic E-state index is 12.5. The van der Waals surface area contributed by atoms with Gasteiger partial charge in [0.1, 0.15) is 0 Å². The number of pyridine rings is 1. The van der Waals surface area contributed by atoms with Crippen molar-refractivity contribution in [3.05, 3.63) is 54.4 Å².